The second-order valence-electron chi connectivity index (χ2n) is 11.8. The van der Waals surface area contributed by atoms with Crippen molar-refractivity contribution < 1.29 is 38.9 Å². The summed E-state index contributed by atoms with van der Waals surface area (Å²) in [5.74, 6) is -0.478. The first-order valence-corrected chi connectivity index (χ1v) is 20.3. The molecule has 1 aromatic rings. The molecule has 0 saturated heterocycles. The molecule has 256 valence electrons. The van der Waals surface area contributed by atoms with Crippen LogP contribution in [-0.2, 0) is 30.4 Å². The molecule has 0 aliphatic heterocycles. The summed E-state index contributed by atoms with van der Waals surface area (Å²) < 4.78 is 96.8. The number of unbranched alkanes of at least 4 members (excludes halogenated alkanes) is 2. The van der Waals surface area contributed by atoms with Gasteiger partial charge in [-0.05, 0) is 76.8 Å². The fraction of sp³-hybridized carbons (Fsp3) is 0.840. The Morgan fingerprint density at radius 1 is 0.956 bits per heavy atom. The highest BCUT2D eigenvalue weighted by Crippen LogP contribution is 2.41. The summed E-state index contributed by atoms with van der Waals surface area (Å²) in [5.41, 5.74) is 0.144. The van der Waals surface area contributed by atoms with Crippen LogP contribution < -0.4 is 0 Å². The smallest absolute Gasteiger partial charge is 0.267 e. The molecule has 0 bridgehead atoms. The molecule has 2 fully saturated rings. The molecular weight excluding hydrogens is 695 g/mol. The zero-order valence-electron chi connectivity index (χ0n) is 24.8. The van der Waals surface area contributed by atoms with E-state index in [1.165, 1.54) is 10.9 Å². The molecule has 1 heterocycles. The van der Waals surface area contributed by atoms with E-state index in [0.29, 0.717) is 32.4 Å². The van der Waals surface area contributed by atoms with Gasteiger partial charge in [-0.25, -0.2) is 4.68 Å². The number of nitriles is 1. The van der Waals surface area contributed by atoms with Crippen LogP contribution in [0.3, 0.4) is 0 Å². The van der Waals surface area contributed by atoms with Crippen molar-refractivity contribution in [2.75, 3.05) is 24.6 Å². The van der Waals surface area contributed by atoms with Crippen molar-refractivity contribution in [1.82, 2.24) is 14.7 Å². The van der Waals surface area contributed by atoms with Gasteiger partial charge in [0.15, 0.2) is 5.82 Å². The summed E-state index contributed by atoms with van der Waals surface area (Å²) >= 11 is 13.1. The van der Waals surface area contributed by atoms with Crippen molar-refractivity contribution in [3.63, 3.8) is 0 Å². The van der Waals surface area contributed by atoms with E-state index in [2.05, 4.69) is 20.2 Å². The van der Waals surface area contributed by atoms with Gasteiger partial charge < -0.3 is 4.90 Å². The lowest BCUT2D eigenvalue weighted by atomic mass is 9.82. The number of nitrogens with zero attached hydrogens (tertiary/aromatic N) is 6. The Morgan fingerprint density at radius 2 is 1.51 bits per heavy atom. The Kier molecular flexibility index (Phi) is 13.6. The SMILES string of the molecule is CC1CC(N(CCCCS(=O)(=O)O)CCCCS(=O)(=O)O)CCC1N=Nc1c(C#N)cnn1C1C(Cl)CC(S(=O)(=O)O)CC1Cl. The van der Waals surface area contributed by atoms with Crippen LogP contribution in [0.5, 0.6) is 0 Å². The maximum atomic E-state index is 11.7. The molecule has 5 unspecified atom stereocenters. The van der Waals surface area contributed by atoms with E-state index in [4.69, 9.17) is 32.3 Å². The molecule has 3 rings (SSSR count). The van der Waals surface area contributed by atoms with Crippen molar-refractivity contribution in [1.29, 1.82) is 5.26 Å². The molecule has 2 aliphatic rings. The zero-order valence-corrected chi connectivity index (χ0v) is 28.7. The van der Waals surface area contributed by atoms with Gasteiger partial charge in [0.1, 0.15) is 11.6 Å². The summed E-state index contributed by atoms with van der Waals surface area (Å²) in [6.45, 7) is 3.12. The van der Waals surface area contributed by atoms with Crippen LogP contribution in [0.15, 0.2) is 16.4 Å². The van der Waals surface area contributed by atoms with Gasteiger partial charge >= 0.3 is 0 Å². The Labute approximate surface area is 274 Å². The van der Waals surface area contributed by atoms with Gasteiger partial charge in [0, 0.05) is 6.04 Å². The van der Waals surface area contributed by atoms with E-state index < -0.39 is 52.4 Å². The molecule has 2 aliphatic carbocycles. The second-order valence-corrected chi connectivity index (χ2v) is 17.8. The number of hydrogen-bond acceptors (Lipinski definition) is 11. The van der Waals surface area contributed by atoms with Crippen molar-refractivity contribution >= 4 is 59.4 Å². The third-order valence-corrected chi connectivity index (χ3v) is 12.1. The van der Waals surface area contributed by atoms with Gasteiger partial charge in [0.2, 0.25) is 0 Å². The Hall–Kier alpha value is -1.43. The first kappa shape index (κ1) is 38.0. The van der Waals surface area contributed by atoms with Crippen LogP contribution in [0.4, 0.5) is 5.82 Å². The minimum absolute atomic E-state index is 0.0549. The summed E-state index contributed by atoms with van der Waals surface area (Å²) in [5, 5.41) is 20.2. The first-order chi connectivity index (χ1) is 20.9. The monoisotopic (exact) mass is 734 g/mol. The van der Waals surface area contributed by atoms with E-state index >= 15 is 0 Å². The fourth-order valence-corrected chi connectivity index (χ4v) is 9.39. The summed E-state index contributed by atoms with van der Waals surface area (Å²) in [7, 11) is -12.5. The molecule has 15 nitrogen and oxygen atoms in total. The number of azo groups is 1. The van der Waals surface area contributed by atoms with Crippen LogP contribution in [-0.4, -0.2) is 106 Å². The average molecular weight is 736 g/mol. The number of hydrogen-bond donors (Lipinski definition) is 3. The molecular formula is C25H40Cl2N6O9S3. The normalized spacial score (nSPS) is 28.4. The van der Waals surface area contributed by atoms with Crippen LogP contribution >= 0.6 is 23.2 Å². The van der Waals surface area contributed by atoms with Crippen molar-refractivity contribution in [2.45, 2.75) is 98.8 Å². The molecule has 1 aromatic heterocycles. The molecule has 0 radical (unpaired) electrons. The lowest BCUT2D eigenvalue weighted by Crippen LogP contribution is -2.43. The highest BCUT2D eigenvalue weighted by Gasteiger charge is 2.43. The highest BCUT2D eigenvalue weighted by atomic mass is 35.5. The van der Waals surface area contributed by atoms with E-state index in [-0.39, 0.29) is 66.6 Å². The maximum Gasteiger partial charge on any atom is 0.267 e. The summed E-state index contributed by atoms with van der Waals surface area (Å²) in [6.07, 6.45) is 4.87. The van der Waals surface area contributed by atoms with Crippen molar-refractivity contribution in [3.05, 3.63) is 11.8 Å². The topological polar surface area (TPSA) is 233 Å². The Balaban J connectivity index is 1.70. The van der Waals surface area contributed by atoms with E-state index in [1.807, 2.05) is 13.0 Å². The molecule has 0 aromatic carbocycles. The van der Waals surface area contributed by atoms with Gasteiger partial charge in [-0.3, -0.25) is 13.7 Å². The van der Waals surface area contributed by atoms with Crippen LogP contribution in [0.1, 0.15) is 76.3 Å². The van der Waals surface area contributed by atoms with Gasteiger partial charge in [-0.1, -0.05) is 6.92 Å². The number of rotatable bonds is 15. The zero-order chi connectivity index (χ0) is 33.6. The van der Waals surface area contributed by atoms with Gasteiger partial charge in [-0.15, -0.1) is 28.3 Å². The van der Waals surface area contributed by atoms with Crippen molar-refractivity contribution in [3.8, 4) is 6.07 Å². The lowest BCUT2D eigenvalue weighted by Gasteiger charge is -2.39. The second kappa shape index (κ2) is 16.1. The van der Waals surface area contributed by atoms with Crippen LogP contribution in [0.25, 0.3) is 0 Å². The molecule has 20 heteroatoms. The quantitative estimate of drug-likeness (QED) is 0.101. The maximum absolute atomic E-state index is 11.7. The minimum atomic E-state index is -4.34. The van der Waals surface area contributed by atoms with E-state index in [0.717, 1.165) is 12.8 Å². The Morgan fingerprint density at radius 3 is 1.98 bits per heavy atom. The fourth-order valence-electron chi connectivity index (χ4n) is 6.07. The molecule has 5 atom stereocenters. The Bertz CT molecular complexity index is 1500. The number of alkyl halides is 2. The summed E-state index contributed by atoms with van der Waals surface area (Å²) in [6, 6.07) is 1.23. The molecule has 45 heavy (non-hydrogen) atoms. The van der Waals surface area contributed by atoms with Crippen LogP contribution in [0.2, 0.25) is 0 Å². The van der Waals surface area contributed by atoms with Gasteiger partial charge in [0.05, 0.1) is 45.8 Å². The third-order valence-electron chi connectivity index (χ3n) is 8.42. The lowest BCUT2D eigenvalue weighted by molar-refractivity contribution is 0.120. The standard InChI is InChI=1S/C25H40Cl2N6O9S3/c1-17-12-19(32(8-2-4-10-43(34,35)36)9-3-5-11-44(37,38)39)6-7-23(17)30-31-25-18(15-28)16-29-33(25)24-21(26)13-20(14-22(24)27)45(40,41)42/h16-17,19-24H,2-14H2,1H3,(H,34,35,36)(H,37,38,39)(H,40,41,42). The largest absolute Gasteiger partial charge is 0.300 e. The predicted octanol–water partition coefficient (Wildman–Crippen LogP) is 3.84. The van der Waals surface area contributed by atoms with E-state index in [9.17, 15) is 35.1 Å². The summed E-state index contributed by atoms with van der Waals surface area (Å²) in [4.78, 5) is 2.19. The molecule has 0 amide bonds. The van der Waals surface area contributed by atoms with Crippen molar-refractivity contribution in [2.24, 2.45) is 16.1 Å². The average Bonchev–Trinajstić information content (AvgIpc) is 3.31. The minimum Gasteiger partial charge on any atom is -0.300 e. The molecule has 0 spiro atoms. The number of aromatic nitrogens is 2. The predicted molar refractivity (Wildman–Crippen MR) is 168 cm³/mol. The van der Waals surface area contributed by atoms with Crippen LogP contribution in [0, 0.1) is 17.2 Å². The van der Waals surface area contributed by atoms with E-state index in [1.54, 1.807) is 0 Å². The van der Waals surface area contributed by atoms with Gasteiger partial charge in [-0.2, -0.15) is 40.7 Å². The molecule has 3 N–H and O–H groups in total. The first-order valence-electron chi connectivity index (χ1n) is 14.7. The third kappa shape index (κ3) is 11.6. The number of halogens is 2. The molecule has 2 saturated carbocycles. The van der Waals surface area contributed by atoms with Gasteiger partial charge in [0.25, 0.3) is 30.4 Å². The highest BCUT2D eigenvalue weighted by molar-refractivity contribution is 7.86.